The molecule has 0 radical (unpaired) electrons. The maximum Gasteiger partial charge on any atom is 0.472 e. The number of nitrogens with zero attached hydrogens (tertiary/aromatic N) is 1. The first-order valence-corrected chi connectivity index (χ1v) is 30.5. The molecule has 3 unspecified atom stereocenters. The summed E-state index contributed by atoms with van der Waals surface area (Å²) in [5, 5.41) is 14.0. The van der Waals surface area contributed by atoms with Crippen molar-refractivity contribution in [3.63, 3.8) is 0 Å². The minimum atomic E-state index is -4.32. The third kappa shape index (κ3) is 52.3. The van der Waals surface area contributed by atoms with E-state index in [0.29, 0.717) is 23.9 Å². The van der Waals surface area contributed by atoms with Crippen LogP contribution in [0.5, 0.6) is 0 Å². The molecule has 0 saturated heterocycles. The molecular weight excluding hydrogens is 864 g/mol. The lowest BCUT2D eigenvalue weighted by molar-refractivity contribution is -0.870. The van der Waals surface area contributed by atoms with E-state index in [1.54, 1.807) is 0 Å². The molecule has 68 heavy (non-hydrogen) atoms. The van der Waals surface area contributed by atoms with E-state index in [9.17, 15) is 19.4 Å². The zero-order valence-corrected chi connectivity index (χ0v) is 46.5. The van der Waals surface area contributed by atoms with Crippen molar-refractivity contribution in [2.75, 3.05) is 40.9 Å². The van der Waals surface area contributed by atoms with Crippen molar-refractivity contribution in [3.8, 4) is 0 Å². The van der Waals surface area contributed by atoms with Gasteiger partial charge in [0.2, 0.25) is 5.91 Å². The summed E-state index contributed by atoms with van der Waals surface area (Å²) in [7, 11) is 1.62. The number of aliphatic hydroxyl groups is 1. The van der Waals surface area contributed by atoms with Crippen LogP contribution in [0.2, 0.25) is 0 Å². The molecule has 0 heterocycles. The molecule has 0 aliphatic carbocycles. The molecule has 0 spiro atoms. The first kappa shape index (κ1) is 66.5. The van der Waals surface area contributed by atoms with E-state index in [0.717, 1.165) is 64.2 Å². The Labute approximate surface area is 422 Å². The summed E-state index contributed by atoms with van der Waals surface area (Å²) in [4.78, 5) is 23.3. The van der Waals surface area contributed by atoms with Gasteiger partial charge in [0.25, 0.3) is 0 Å². The van der Waals surface area contributed by atoms with Crippen LogP contribution in [0, 0.1) is 0 Å². The molecule has 1 amide bonds. The van der Waals surface area contributed by atoms with Crippen molar-refractivity contribution in [2.45, 2.75) is 283 Å². The van der Waals surface area contributed by atoms with E-state index in [4.69, 9.17) is 9.05 Å². The van der Waals surface area contributed by atoms with Gasteiger partial charge in [0.1, 0.15) is 13.2 Å². The Balaban J connectivity index is 3.97. The van der Waals surface area contributed by atoms with Gasteiger partial charge in [0.15, 0.2) is 0 Å². The average Bonchev–Trinajstić information content (AvgIpc) is 3.30. The lowest BCUT2D eigenvalue weighted by Crippen LogP contribution is -2.46. The number of likely N-dealkylation sites (N-methyl/N-ethyl adjacent to an activating group) is 1. The van der Waals surface area contributed by atoms with Crippen molar-refractivity contribution in [1.29, 1.82) is 0 Å². The predicted molar refractivity (Wildman–Crippen MR) is 295 cm³/mol. The van der Waals surface area contributed by atoms with Crippen LogP contribution < -0.4 is 5.32 Å². The molecule has 0 bridgehead atoms. The molecule has 0 saturated carbocycles. The van der Waals surface area contributed by atoms with E-state index >= 15 is 0 Å². The Morgan fingerprint density at radius 2 is 0.882 bits per heavy atom. The molecule has 0 aliphatic heterocycles. The Kier molecular flexibility index (Phi) is 49.3. The fourth-order valence-electron chi connectivity index (χ4n) is 8.57. The topological polar surface area (TPSA) is 105 Å². The Morgan fingerprint density at radius 3 is 1.29 bits per heavy atom. The van der Waals surface area contributed by atoms with Gasteiger partial charge in [-0.05, 0) is 51.4 Å². The smallest absolute Gasteiger partial charge is 0.391 e. The summed E-state index contributed by atoms with van der Waals surface area (Å²) in [6.07, 6.45) is 66.1. The predicted octanol–water partition coefficient (Wildman–Crippen LogP) is 17.5. The van der Waals surface area contributed by atoms with Gasteiger partial charge < -0.3 is 19.8 Å². The second kappa shape index (κ2) is 50.4. The number of rotatable bonds is 53. The number of carbonyl (C=O) groups is 1. The fourth-order valence-corrected chi connectivity index (χ4v) is 9.31. The first-order chi connectivity index (χ1) is 33.0. The summed E-state index contributed by atoms with van der Waals surface area (Å²) < 4.78 is 23.7. The van der Waals surface area contributed by atoms with Crippen LogP contribution >= 0.6 is 7.82 Å². The minimum Gasteiger partial charge on any atom is -0.391 e. The van der Waals surface area contributed by atoms with E-state index < -0.39 is 20.0 Å². The number of allylic oxidation sites excluding steroid dienone is 8. The Morgan fingerprint density at radius 1 is 0.515 bits per heavy atom. The molecule has 400 valence electrons. The zero-order valence-electron chi connectivity index (χ0n) is 45.6. The number of carbonyl (C=O) groups excluding carboxylic acids is 1. The van der Waals surface area contributed by atoms with Gasteiger partial charge in [0, 0.05) is 6.42 Å². The van der Waals surface area contributed by atoms with Gasteiger partial charge >= 0.3 is 7.82 Å². The molecule has 3 N–H and O–H groups in total. The maximum atomic E-state index is 13.0. The van der Waals surface area contributed by atoms with Crippen molar-refractivity contribution in [3.05, 3.63) is 48.6 Å². The Bertz CT molecular complexity index is 1250. The molecule has 8 nitrogen and oxygen atoms in total. The first-order valence-electron chi connectivity index (χ1n) is 29.0. The van der Waals surface area contributed by atoms with Crippen LogP contribution in [0.25, 0.3) is 0 Å². The molecule has 0 aromatic carbocycles. The lowest BCUT2D eigenvalue weighted by Gasteiger charge is -2.26. The molecule has 0 aromatic heterocycles. The van der Waals surface area contributed by atoms with Crippen LogP contribution in [-0.2, 0) is 18.4 Å². The van der Waals surface area contributed by atoms with Gasteiger partial charge in [0.05, 0.1) is 39.9 Å². The number of phosphoric acid groups is 1. The summed E-state index contributed by atoms with van der Waals surface area (Å²) >= 11 is 0. The largest absolute Gasteiger partial charge is 0.472 e. The van der Waals surface area contributed by atoms with Crippen molar-refractivity contribution in [1.82, 2.24) is 5.32 Å². The highest BCUT2D eigenvalue weighted by molar-refractivity contribution is 7.47. The van der Waals surface area contributed by atoms with E-state index in [1.807, 2.05) is 21.1 Å². The number of phosphoric ester groups is 1. The second-order valence-corrected chi connectivity index (χ2v) is 22.4. The van der Waals surface area contributed by atoms with Gasteiger partial charge in [-0.15, -0.1) is 0 Å². The number of hydrogen-bond acceptors (Lipinski definition) is 5. The van der Waals surface area contributed by atoms with Gasteiger partial charge in [-0.1, -0.05) is 262 Å². The number of unbranched alkanes of at least 4 members (excludes halogenated alkanes) is 32. The summed E-state index contributed by atoms with van der Waals surface area (Å²) in [5.74, 6) is -0.142. The summed E-state index contributed by atoms with van der Waals surface area (Å²) in [6, 6.07) is -0.758. The molecule has 0 aliphatic rings. The highest BCUT2D eigenvalue weighted by Crippen LogP contribution is 2.43. The van der Waals surface area contributed by atoms with E-state index in [-0.39, 0.29) is 19.1 Å². The molecule has 0 rings (SSSR count). The van der Waals surface area contributed by atoms with Crippen LogP contribution in [0.15, 0.2) is 48.6 Å². The van der Waals surface area contributed by atoms with Crippen LogP contribution in [0.4, 0.5) is 0 Å². The maximum absolute atomic E-state index is 13.0. The number of amides is 1. The monoisotopic (exact) mass is 978 g/mol. The summed E-state index contributed by atoms with van der Waals surface area (Å²) in [5.41, 5.74) is 0. The fraction of sp³-hybridized carbons (Fsp3) is 0.847. The number of nitrogens with one attached hydrogen (secondary N) is 1. The molecular formula is C59H114N2O6P+. The number of hydrogen-bond donors (Lipinski definition) is 3. The third-order valence-electron chi connectivity index (χ3n) is 13.1. The third-order valence-corrected chi connectivity index (χ3v) is 14.1. The molecule has 0 aromatic rings. The highest BCUT2D eigenvalue weighted by atomic mass is 31.2. The van der Waals surface area contributed by atoms with Crippen molar-refractivity contribution >= 4 is 13.7 Å². The minimum absolute atomic E-state index is 0.0757. The normalized spacial score (nSPS) is 14.3. The standard InChI is InChI=1S/C59H113N2O6P/c1-6-8-10-12-14-16-18-20-21-22-23-24-25-26-27-28-29-30-31-32-33-34-35-36-37-38-39-41-43-45-47-49-51-53-59(63)60-57(56-67-68(64,65)66-55-54-61(3,4)5)58(62)52-50-48-46-44-42-40-19-17-15-13-11-9-7-2/h8,10,14,16,20-21,23-24,57-58,62H,6-7,9,11-13,15,17-19,22,25-56H2,1-5H3,(H-,60,63,64,65)/p+1/b10-8-,16-14-,21-20-,24-23-. The Hall–Kier alpha value is -1.54. The van der Waals surface area contributed by atoms with Crippen molar-refractivity contribution in [2.24, 2.45) is 0 Å². The molecule has 9 heteroatoms. The van der Waals surface area contributed by atoms with Gasteiger partial charge in [-0.3, -0.25) is 13.8 Å². The number of aliphatic hydroxyl groups excluding tert-OH is 1. The average molecular weight is 979 g/mol. The van der Waals surface area contributed by atoms with Crippen LogP contribution in [0.3, 0.4) is 0 Å². The van der Waals surface area contributed by atoms with Gasteiger partial charge in [-0.2, -0.15) is 0 Å². The van der Waals surface area contributed by atoms with Crippen LogP contribution in [0.1, 0.15) is 271 Å². The van der Waals surface area contributed by atoms with E-state index in [2.05, 4.69) is 67.8 Å². The SMILES string of the molecule is CC/C=C\C/C=C\C/C=C\C/C=C\CCCCCCCCCCCCCCCCCCCCCCC(=O)NC(COP(=O)(O)OCC[N+](C)(C)C)C(O)CCCCCCCCCCCCCCC. The zero-order chi connectivity index (χ0) is 49.9. The second-order valence-electron chi connectivity index (χ2n) is 21.0. The quantitative estimate of drug-likeness (QED) is 0.0243. The number of quaternary nitrogens is 1. The molecule has 3 atom stereocenters. The highest BCUT2D eigenvalue weighted by Gasteiger charge is 2.28. The van der Waals surface area contributed by atoms with Crippen LogP contribution in [-0.4, -0.2) is 73.4 Å². The lowest BCUT2D eigenvalue weighted by atomic mass is 10.0. The molecule has 0 fully saturated rings. The van der Waals surface area contributed by atoms with Crippen molar-refractivity contribution < 1.29 is 32.9 Å². The van der Waals surface area contributed by atoms with E-state index in [1.165, 1.54) is 180 Å². The van der Waals surface area contributed by atoms with Gasteiger partial charge in [-0.25, -0.2) is 4.57 Å². The summed E-state index contributed by atoms with van der Waals surface area (Å²) in [6.45, 7) is 4.79.